The molecule has 0 fully saturated rings. The number of alkyl halides is 1. The van der Waals surface area contributed by atoms with E-state index in [0.29, 0.717) is 17.5 Å². The molecule has 2 aromatic carbocycles. The summed E-state index contributed by atoms with van der Waals surface area (Å²) in [4.78, 5) is -0.266. The SMILES string of the molecule is Fc1ccc(CC(Br)c2cc(F)ccc2Br)c(F)c1. The van der Waals surface area contributed by atoms with E-state index in [0.717, 1.165) is 10.5 Å². The normalized spacial score (nSPS) is 12.5. The second-order valence-corrected chi connectivity index (χ2v) is 6.03. The smallest absolute Gasteiger partial charge is 0.129 e. The van der Waals surface area contributed by atoms with E-state index in [1.54, 1.807) is 6.07 Å². The van der Waals surface area contributed by atoms with E-state index in [9.17, 15) is 13.2 Å². The predicted octanol–water partition coefficient (Wildman–Crippen LogP) is 5.55. The highest BCUT2D eigenvalue weighted by Gasteiger charge is 2.15. The van der Waals surface area contributed by atoms with Crippen molar-refractivity contribution in [3.05, 3.63) is 69.4 Å². The maximum absolute atomic E-state index is 13.6. The van der Waals surface area contributed by atoms with Crippen molar-refractivity contribution >= 4 is 31.9 Å². The van der Waals surface area contributed by atoms with Gasteiger partial charge in [-0.2, -0.15) is 0 Å². The largest absolute Gasteiger partial charge is 0.207 e. The molecule has 19 heavy (non-hydrogen) atoms. The fraction of sp³-hybridized carbons (Fsp3) is 0.143. The second kappa shape index (κ2) is 6.09. The molecule has 0 amide bonds. The third kappa shape index (κ3) is 3.60. The first-order valence-corrected chi connectivity index (χ1v) is 7.21. The van der Waals surface area contributed by atoms with Crippen molar-refractivity contribution in [1.29, 1.82) is 0 Å². The van der Waals surface area contributed by atoms with Crippen LogP contribution in [0.1, 0.15) is 16.0 Å². The molecule has 0 heterocycles. The van der Waals surface area contributed by atoms with Crippen molar-refractivity contribution in [1.82, 2.24) is 0 Å². The molecule has 0 saturated heterocycles. The molecule has 0 aromatic heterocycles. The van der Waals surface area contributed by atoms with Crippen LogP contribution in [-0.4, -0.2) is 0 Å². The third-order valence-electron chi connectivity index (χ3n) is 2.71. The van der Waals surface area contributed by atoms with Gasteiger partial charge in [0.05, 0.1) is 0 Å². The first-order valence-electron chi connectivity index (χ1n) is 5.50. The summed E-state index contributed by atoms with van der Waals surface area (Å²) in [7, 11) is 0. The van der Waals surface area contributed by atoms with Gasteiger partial charge in [0.25, 0.3) is 0 Å². The Labute approximate surface area is 125 Å². The molecule has 2 rings (SSSR count). The molecular formula is C14H9Br2F3. The Bertz CT molecular complexity index is 599. The Hall–Kier alpha value is -0.810. The van der Waals surface area contributed by atoms with Gasteiger partial charge in [0.2, 0.25) is 0 Å². The van der Waals surface area contributed by atoms with Gasteiger partial charge in [0.1, 0.15) is 17.5 Å². The Morgan fingerprint density at radius 2 is 1.58 bits per heavy atom. The topological polar surface area (TPSA) is 0 Å². The van der Waals surface area contributed by atoms with Crippen LogP contribution in [0.3, 0.4) is 0 Å². The van der Waals surface area contributed by atoms with Gasteiger partial charge in [-0.05, 0) is 41.8 Å². The average molecular weight is 394 g/mol. The summed E-state index contributed by atoms with van der Waals surface area (Å²) in [6.07, 6.45) is 0.300. The maximum Gasteiger partial charge on any atom is 0.129 e. The summed E-state index contributed by atoms with van der Waals surface area (Å²) in [5.74, 6) is -1.57. The molecule has 0 bridgehead atoms. The number of halogens is 5. The Kier molecular flexibility index (Phi) is 4.68. The van der Waals surface area contributed by atoms with Gasteiger partial charge in [-0.15, -0.1) is 0 Å². The van der Waals surface area contributed by atoms with Gasteiger partial charge >= 0.3 is 0 Å². The zero-order chi connectivity index (χ0) is 14.0. The van der Waals surface area contributed by atoms with Crippen molar-refractivity contribution in [2.45, 2.75) is 11.2 Å². The van der Waals surface area contributed by atoms with E-state index >= 15 is 0 Å². The van der Waals surface area contributed by atoms with E-state index in [2.05, 4.69) is 31.9 Å². The van der Waals surface area contributed by atoms with Crippen LogP contribution in [0.2, 0.25) is 0 Å². The van der Waals surface area contributed by atoms with Crippen molar-refractivity contribution in [2.75, 3.05) is 0 Å². The molecule has 0 radical (unpaired) electrons. The summed E-state index contributed by atoms with van der Waals surface area (Å²) in [6, 6.07) is 7.76. The fourth-order valence-electron chi connectivity index (χ4n) is 1.74. The Morgan fingerprint density at radius 1 is 0.947 bits per heavy atom. The quantitative estimate of drug-likeness (QED) is 0.600. The summed E-state index contributed by atoms with van der Waals surface area (Å²) < 4.78 is 40.3. The maximum atomic E-state index is 13.6. The molecule has 1 atom stereocenters. The van der Waals surface area contributed by atoms with Gasteiger partial charge in [0.15, 0.2) is 0 Å². The van der Waals surface area contributed by atoms with Crippen LogP contribution in [0.15, 0.2) is 40.9 Å². The first-order chi connectivity index (χ1) is 8.97. The summed E-state index contributed by atoms with van der Waals surface area (Å²) in [5.41, 5.74) is 1.06. The lowest BCUT2D eigenvalue weighted by Crippen LogP contribution is -2.00. The third-order valence-corrected chi connectivity index (χ3v) is 4.25. The molecule has 0 spiro atoms. The van der Waals surface area contributed by atoms with Crippen LogP contribution < -0.4 is 0 Å². The van der Waals surface area contributed by atoms with E-state index in [1.807, 2.05) is 0 Å². The number of hydrogen-bond donors (Lipinski definition) is 0. The molecule has 0 nitrogen and oxygen atoms in total. The van der Waals surface area contributed by atoms with Gasteiger partial charge < -0.3 is 0 Å². The minimum Gasteiger partial charge on any atom is -0.207 e. The summed E-state index contributed by atoms with van der Waals surface area (Å²) in [6.45, 7) is 0. The molecule has 0 aliphatic heterocycles. The minimum absolute atomic E-state index is 0.266. The van der Waals surface area contributed by atoms with Gasteiger partial charge in [0, 0.05) is 15.4 Å². The zero-order valence-corrected chi connectivity index (χ0v) is 12.8. The highest BCUT2D eigenvalue weighted by Crippen LogP contribution is 2.33. The summed E-state index contributed by atoms with van der Waals surface area (Å²) in [5, 5.41) is 0. The molecule has 100 valence electrons. The lowest BCUT2D eigenvalue weighted by atomic mass is 10.0. The van der Waals surface area contributed by atoms with E-state index in [4.69, 9.17) is 0 Å². The van der Waals surface area contributed by atoms with Gasteiger partial charge in [-0.1, -0.05) is 37.9 Å². The first kappa shape index (κ1) is 14.6. The fourth-order valence-corrected chi connectivity index (χ4v) is 3.30. The highest BCUT2D eigenvalue weighted by molar-refractivity contribution is 9.11. The van der Waals surface area contributed by atoms with Crippen LogP contribution in [-0.2, 0) is 6.42 Å². The molecule has 0 N–H and O–H groups in total. The molecule has 5 heteroatoms. The van der Waals surface area contributed by atoms with Crippen molar-refractivity contribution < 1.29 is 13.2 Å². The lowest BCUT2D eigenvalue weighted by Gasteiger charge is -2.13. The molecular weight excluding hydrogens is 385 g/mol. The Morgan fingerprint density at radius 3 is 2.26 bits per heavy atom. The molecule has 0 aliphatic rings. The van der Waals surface area contributed by atoms with Crippen molar-refractivity contribution in [2.24, 2.45) is 0 Å². The van der Waals surface area contributed by atoms with Crippen LogP contribution in [0, 0.1) is 17.5 Å². The van der Waals surface area contributed by atoms with Crippen LogP contribution >= 0.6 is 31.9 Å². The number of hydrogen-bond acceptors (Lipinski definition) is 0. The van der Waals surface area contributed by atoms with Crippen LogP contribution in [0.4, 0.5) is 13.2 Å². The standard InChI is InChI=1S/C14H9Br2F3/c15-12-4-3-9(17)6-11(12)13(16)5-8-1-2-10(18)7-14(8)19/h1-4,6-7,13H,5H2. The van der Waals surface area contributed by atoms with Gasteiger partial charge in [-0.3, -0.25) is 0 Å². The Balaban J connectivity index is 2.25. The van der Waals surface area contributed by atoms with Crippen LogP contribution in [0.25, 0.3) is 0 Å². The highest BCUT2D eigenvalue weighted by atomic mass is 79.9. The number of benzene rings is 2. The zero-order valence-electron chi connectivity index (χ0n) is 9.64. The number of rotatable bonds is 3. The van der Waals surface area contributed by atoms with Crippen molar-refractivity contribution in [3.8, 4) is 0 Å². The average Bonchev–Trinajstić information content (AvgIpc) is 2.35. The molecule has 0 aliphatic carbocycles. The van der Waals surface area contributed by atoms with Crippen LogP contribution in [0.5, 0.6) is 0 Å². The van der Waals surface area contributed by atoms with E-state index in [1.165, 1.54) is 24.3 Å². The van der Waals surface area contributed by atoms with E-state index in [-0.39, 0.29) is 10.6 Å². The van der Waals surface area contributed by atoms with Gasteiger partial charge in [-0.25, -0.2) is 13.2 Å². The second-order valence-electron chi connectivity index (χ2n) is 4.07. The lowest BCUT2D eigenvalue weighted by molar-refractivity contribution is 0.571. The molecule has 0 saturated carbocycles. The molecule has 1 unspecified atom stereocenters. The van der Waals surface area contributed by atoms with E-state index < -0.39 is 11.6 Å². The monoisotopic (exact) mass is 392 g/mol. The van der Waals surface area contributed by atoms with Crippen molar-refractivity contribution in [3.63, 3.8) is 0 Å². The predicted molar refractivity (Wildman–Crippen MR) is 75.8 cm³/mol. The molecule has 2 aromatic rings. The summed E-state index contributed by atoms with van der Waals surface area (Å²) >= 11 is 6.73. The minimum atomic E-state index is -0.612.